The van der Waals surface area contributed by atoms with Gasteiger partial charge in [-0.2, -0.15) is 0 Å². The SMILES string of the molecule is CC(C)OC(=O)N1C(=O)CC12CCC1CC2C1(C)C. The van der Waals surface area contributed by atoms with Crippen LogP contribution >= 0.6 is 0 Å². The van der Waals surface area contributed by atoms with Crippen molar-refractivity contribution >= 4 is 12.0 Å². The second kappa shape index (κ2) is 3.74. The van der Waals surface area contributed by atoms with Crippen molar-refractivity contribution in [3.8, 4) is 0 Å². The molecular formula is C15H23NO3. The summed E-state index contributed by atoms with van der Waals surface area (Å²) < 4.78 is 5.25. The third kappa shape index (κ3) is 1.52. The largest absolute Gasteiger partial charge is 0.446 e. The summed E-state index contributed by atoms with van der Waals surface area (Å²) in [4.78, 5) is 25.5. The molecule has 0 N–H and O–H groups in total. The van der Waals surface area contributed by atoms with E-state index in [0.29, 0.717) is 12.3 Å². The number of carbonyl (C=O) groups is 2. The Morgan fingerprint density at radius 1 is 1.42 bits per heavy atom. The van der Waals surface area contributed by atoms with Gasteiger partial charge in [-0.15, -0.1) is 0 Å². The van der Waals surface area contributed by atoms with E-state index in [9.17, 15) is 9.59 Å². The molecule has 1 saturated heterocycles. The molecule has 2 bridgehead atoms. The number of hydrogen-bond acceptors (Lipinski definition) is 3. The molecule has 4 fully saturated rings. The second-order valence-corrected chi connectivity index (χ2v) is 7.29. The zero-order valence-corrected chi connectivity index (χ0v) is 12.2. The molecule has 1 aliphatic heterocycles. The van der Waals surface area contributed by atoms with Crippen LogP contribution in [0.4, 0.5) is 4.79 Å². The van der Waals surface area contributed by atoms with Crippen molar-refractivity contribution in [2.45, 2.75) is 65.0 Å². The van der Waals surface area contributed by atoms with E-state index >= 15 is 0 Å². The predicted molar refractivity (Wildman–Crippen MR) is 70.4 cm³/mol. The number of rotatable bonds is 1. The second-order valence-electron chi connectivity index (χ2n) is 7.29. The number of β-lactam (4-membered cyclic amide) rings is 1. The summed E-state index contributed by atoms with van der Waals surface area (Å²) >= 11 is 0. The van der Waals surface area contributed by atoms with Crippen LogP contribution in [0.25, 0.3) is 0 Å². The zero-order chi connectivity index (χ0) is 14.0. The van der Waals surface area contributed by atoms with Crippen LogP contribution < -0.4 is 0 Å². The van der Waals surface area contributed by atoms with Crippen LogP contribution in [-0.4, -0.2) is 28.5 Å². The van der Waals surface area contributed by atoms with Gasteiger partial charge in [0, 0.05) is 0 Å². The van der Waals surface area contributed by atoms with Crippen LogP contribution in [0.2, 0.25) is 0 Å². The van der Waals surface area contributed by atoms with Gasteiger partial charge >= 0.3 is 6.09 Å². The maximum atomic E-state index is 12.2. The summed E-state index contributed by atoms with van der Waals surface area (Å²) in [6, 6.07) is 0. The molecule has 3 unspecified atom stereocenters. The molecule has 106 valence electrons. The maximum Gasteiger partial charge on any atom is 0.417 e. The Bertz CT molecular complexity index is 441. The average Bonchev–Trinajstić information content (AvgIpc) is 2.26. The molecule has 4 nitrogen and oxygen atoms in total. The van der Waals surface area contributed by atoms with E-state index in [1.54, 1.807) is 0 Å². The number of hydrogen-bond donors (Lipinski definition) is 0. The molecule has 4 rings (SSSR count). The molecule has 0 aromatic heterocycles. The monoisotopic (exact) mass is 265 g/mol. The van der Waals surface area contributed by atoms with Gasteiger partial charge in [-0.3, -0.25) is 4.79 Å². The standard InChI is InChI=1S/C15H23NO3/c1-9(2)19-13(18)16-12(17)8-15(16)6-5-10-7-11(15)14(10,3)4/h9-11H,5-8H2,1-4H3. The van der Waals surface area contributed by atoms with E-state index in [0.717, 1.165) is 25.2 Å². The normalized spacial score (nSPS) is 39.0. The van der Waals surface area contributed by atoms with Crippen molar-refractivity contribution < 1.29 is 14.3 Å². The van der Waals surface area contributed by atoms with Crippen LogP contribution in [0.15, 0.2) is 0 Å². The highest BCUT2D eigenvalue weighted by Crippen LogP contribution is 2.67. The zero-order valence-electron chi connectivity index (χ0n) is 12.2. The van der Waals surface area contributed by atoms with Crippen molar-refractivity contribution in [2.75, 3.05) is 0 Å². The van der Waals surface area contributed by atoms with Gasteiger partial charge in [-0.25, -0.2) is 9.69 Å². The Hall–Kier alpha value is -1.06. The first-order chi connectivity index (χ1) is 8.79. The van der Waals surface area contributed by atoms with Crippen LogP contribution in [0.1, 0.15) is 53.4 Å². The molecule has 1 spiro atoms. The smallest absolute Gasteiger partial charge is 0.417 e. The average molecular weight is 265 g/mol. The van der Waals surface area contributed by atoms with E-state index in [2.05, 4.69) is 13.8 Å². The van der Waals surface area contributed by atoms with Crippen molar-refractivity contribution in [1.29, 1.82) is 0 Å². The molecule has 1 heterocycles. The molecule has 0 radical (unpaired) electrons. The van der Waals surface area contributed by atoms with E-state index in [4.69, 9.17) is 4.74 Å². The number of nitrogens with zero attached hydrogens (tertiary/aromatic N) is 1. The maximum absolute atomic E-state index is 12.2. The number of ether oxygens (including phenoxy) is 1. The van der Waals surface area contributed by atoms with Crippen molar-refractivity contribution in [2.24, 2.45) is 17.3 Å². The number of carbonyl (C=O) groups excluding carboxylic acids is 2. The summed E-state index contributed by atoms with van der Waals surface area (Å²) in [6.07, 6.45) is 3.16. The number of fused-ring (bicyclic) bond motifs is 1. The van der Waals surface area contributed by atoms with Gasteiger partial charge in [0.05, 0.1) is 18.1 Å². The molecule has 3 atom stereocenters. The fraction of sp³-hybridized carbons (Fsp3) is 0.867. The molecule has 3 saturated carbocycles. The molecule has 3 aliphatic carbocycles. The van der Waals surface area contributed by atoms with E-state index < -0.39 is 6.09 Å². The van der Waals surface area contributed by atoms with E-state index in [-0.39, 0.29) is 23.0 Å². The molecule has 4 heteroatoms. The van der Waals surface area contributed by atoms with Gasteiger partial charge in [-0.05, 0) is 50.4 Å². The third-order valence-corrected chi connectivity index (χ3v) is 5.72. The summed E-state index contributed by atoms with van der Waals surface area (Å²) in [5.74, 6) is 1.16. The number of imide groups is 1. The Morgan fingerprint density at radius 2 is 2.11 bits per heavy atom. The van der Waals surface area contributed by atoms with Crippen LogP contribution in [-0.2, 0) is 9.53 Å². The lowest BCUT2D eigenvalue weighted by Gasteiger charge is -2.69. The highest BCUT2D eigenvalue weighted by atomic mass is 16.6. The first kappa shape index (κ1) is 12.9. The minimum absolute atomic E-state index is 0.0631. The van der Waals surface area contributed by atoms with Gasteiger partial charge in [-0.1, -0.05) is 13.8 Å². The molecule has 4 aliphatic rings. The molecule has 0 aromatic rings. The predicted octanol–water partition coefficient (Wildman–Crippen LogP) is 2.96. The summed E-state index contributed by atoms with van der Waals surface area (Å²) in [5, 5.41) is 0. The van der Waals surface area contributed by atoms with Crippen LogP contribution in [0.3, 0.4) is 0 Å². The molecule has 2 amide bonds. The first-order valence-corrected chi connectivity index (χ1v) is 7.33. The summed E-state index contributed by atoms with van der Waals surface area (Å²) in [5.41, 5.74) is 0.0244. The first-order valence-electron chi connectivity index (χ1n) is 7.33. The Balaban J connectivity index is 1.84. The van der Waals surface area contributed by atoms with Crippen LogP contribution in [0.5, 0.6) is 0 Å². The van der Waals surface area contributed by atoms with Crippen LogP contribution in [0, 0.1) is 17.3 Å². The van der Waals surface area contributed by atoms with Gasteiger partial charge < -0.3 is 4.74 Å². The van der Waals surface area contributed by atoms with Crippen molar-refractivity contribution in [3.63, 3.8) is 0 Å². The van der Waals surface area contributed by atoms with Gasteiger partial charge in [0.1, 0.15) is 0 Å². The quantitative estimate of drug-likeness (QED) is 0.685. The van der Waals surface area contributed by atoms with Crippen molar-refractivity contribution in [1.82, 2.24) is 4.90 Å². The van der Waals surface area contributed by atoms with E-state index in [1.165, 1.54) is 4.90 Å². The minimum atomic E-state index is -0.438. The number of likely N-dealkylation sites (tertiary alicyclic amines) is 1. The Labute approximate surface area is 114 Å². The van der Waals surface area contributed by atoms with Gasteiger partial charge in [0.15, 0.2) is 0 Å². The lowest BCUT2D eigenvalue weighted by Crippen LogP contribution is -2.76. The molecule has 19 heavy (non-hydrogen) atoms. The molecular weight excluding hydrogens is 242 g/mol. The Morgan fingerprint density at radius 3 is 2.58 bits per heavy atom. The number of amides is 2. The van der Waals surface area contributed by atoms with Gasteiger partial charge in [0.25, 0.3) is 0 Å². The highest BCUT2D eigenvalue weighted by Gasteiger charge is 2.69. The Kier molecular flexibility index (Phi) is 2.55. The highest BCUT2D eigenvalue weighted by molar-refractivity contribution is 5.99. The fourth-order valence-electron chi connectivity index (χ4n) is 4.61. The minimum Gasteiger partial charge on any atom is -0.446 e. The molecule has 0 aromatic carbocycles. The third-order valence-electron chi connectivity index (χ3n) is 5.72. The van der Waals surface area contributed by atoms with Crippen molar-refractivity contribution in [3.05, 3.63) is 0 Å². The lowest BCUT2D eigenvalue weighted by atomic mass is 9.41. The fourth-order valence-corrected chi connectivity index (χ4v) is 4.61. The summed E-state index contributed by atoms with van der Waals surface area (Å²) in [6.45, 7) is 8.20. The van der Waals surface area contributed by atoms with E-state index in [1.807, 2.05) is 13.8 Å². The lowest BCUT2D eigenvalue weighted by molar-refractivity contribution is -0.207. The van der Waals surface area contributed by atoms with Gasteiger partial charge in [0.2, 0.25) is 5.91 Å². The topological polar surface area (TPSA) is 46.6 Å². The summed E-state index contributed by atoms with van der Waals surface area (Å²) in [7, 11) is 0.